The van der Waals surface area contributed by atoms with Gasteiger partial charge in [0.05, 0.1) is 0 Å². The van der Waals surface area contributed by atoms with Gasteiger partial charge in [0.15, 0.2) is 23.3 Å². The summed E-state index contributed by atoms with van der Waals surface area (Å²) >= 11 is 0. The van der Waals surface area contributed by atoms with Gasteiger partial charge in [0, 0.05) is 18.5 Å². The first-order valence-corrected chi connectivity index (χ1v) is 4.03. The van der Waals surface area contributed by atoms with E-state index in [9.17, 15) is 8.78 Å². The van der Waals surface area contributed by atoms with Crippen molar-refractivity contribution in [3.05, 3.63) is 36.4 Å². The van der Waals surface area contributed by atoms with Crippen LogP contribution in [0, 0.1) is 11.6 Å². The van der Waals surface area contributed by atoms with Gasteiger partial charge in [0.25, 0.3) is 0 Å². The Morgan fingerprint density at radius 2 is 2.13 bits per heavy atom. The topological polar surface area (TPSA) is 68.8 Å². The third-order valence-electron chi connectivity index (χ3n) is 1.80. The first kappa shape index (κ1) is 9.53. The molecule has 15 heavy (non-hydrogen) atoms. The normalized spacial score (nSPS) is 10.3. The second kappa shape index (κ2) is 3.62. The molecule has 0 spiro atoms. The Bertz CT molecular complexity index is 468. The number of anilines is 1. The maximum atomic E-state index is 13.3. The summed E-state index contributed by atoms with van der Waals surface area (Å²) in [7, 11) is 0. The van der Waals surface area contributed by atoms with Gasteiger partial charge in [-0.25, -0.2) is 24.6 Å². The van der Waals surface area contributed by atoms with E-state index in [4.69, 9.17) is 5.84 Å². The summed E-state index contributed by atoms with van der Waals surface area (Å²) in [5.74, 6) is 3.10. The molecule has 0 unspecified atom stereocenters. The van der Waals surface area contributed by atoms with Gasteiger partial charge in [-0.05, 0) is 0 Å². The second-order valence-corrected chi connectivity index (χ2v) is 2.74. The van der Waals surface area contributed by atoms with E-state index in [1.165, 1.54) is 23.3 Å². The van der Waals surface area contributed by atoms with Crippen LogP contribution in [0.3, 0.4) is 0 Å². The van der Waals surface area contributed by atoms with Crippen LogP contribution in [0.2, 0.25) is 0 Å². The van der Waals surface area contributed by atoms with Crippen molar-refractivity contribution in [1.29, 1.82) is 0 Å². The third kappa shape index (κ3) is 1.64. The van der Waals surface area contributed by atoms with Crippen LogP contribution in [0.25, 0.3) is 5.82 Å². The SMILES string of the molecule is NNc1nc(-n2ccnc2)c(F)cc1F. The molecule has 0 aliphatic rings. The molecular formula is C8H7F2N5. The number of hydrogen-bond donors (Lipinski definition) is 2. The molecule has 0 fully saturated rings. The van der Waals surface area contributed by atoms with Crippen LogP contribution in [0.1, 0.15) is 0 Å². The molecule has 2 heterocycles. The molecule has 0 saturated heterocycles. The number of imidazole rings is 1. The summed E-state index contributed by atoms with van der Waals surface area (Å²) < 4.78 is 27.6. The number of nitrogen functional groups attached to an aromatic ring is 1. The Kier molecular flexibility index (Phi) is 2.30. The first-order chi connectivity index (χ1) is 7.22. The van der Waals surface area contributed by atoms with Gasteiger partial charge in [0.1, 0.15) is 6.33 Å². The van der Waals surface area contributed by atoms with Crippen LogP contribution in [0.4, 0.5) is 14.6 Å². The van der Waals surface area contributed by atoms with Crippen molar-refractivity contribution >= 4 is 5.82 Å². The van der Waals surface area contributed by atoms with E-state index < -0.39 is 11.6 Å². The quantitative estimate of drug-likeness (QED) is 0.570. The van der Waals surface area contributed by atoms with Crippen molar-refractivity contribution in [2.45, 2.75) is 0 Å². The van der Waals surface area contributed by atoms with E-state index in [0.29, 0.717) is 6.07 Å². The van der Waals surface area contributed by atoms with Crippen molar-refractivity contribution in [3.63, 3.8) is 0 Å². The molecule has 0 radical (unpaired) electrons. The number of pyridine rings is 1. The lowest BCUT2D eigenvalue weighted by atomic mass is 10.4. The van der Waals surface area contributed by atoms with Crippen molar-refractivity contribution in [2.75, 3.05) is 5.43 Å². The Morgan fingerprint density at radius 1 is 1.33 bits per heavy atom. The van der Waals surface area contributed by atoms with E-state index in [-0.39, 0.29) is 11.6 Å². The third-order valence-corrected chi connectivity index (χ3v) is 1.80. The summed E-state index contributed by atoms with van der Waals surface area (Å²) in [5, 5.41) is 0. The van der Waals surface area contributed by atoms with Crippen molar-refractivity contribution in [3.8, 4) is 5.82 Å². The molecule has 0 atom stereocenters. The molecule has 0 aliphatic carbocycles. The van der Waals surface area contributed by atoms with Crippen LogP contribution in [0.15, 0.2) is 24.8 Å². The van der Waals surface area contributed by atoms with Gasteiger partial charge in [-0.3, -0.25) is 4.57 Å². The largest absolute Gasteiger partial charge is 0.306 e. The fraction of sp³-hybridized carbons (Fsp3) is 0. The van der Waals surface area contributed by atoms with Crippen LogP contribution in [0.5, 0.6) is 0 Å². The van der Waals surface area contributed by atoms with Crippen molar-refractivity contribution in [1.82, 2.24) is 14.5 Å². The van der Waals surface area contributed by atoms with Crippen LogP contribution in [-0.4, -0.2) is 14.5 Å². The zero-order valence-corrected chi connectivity index (χ0v) is 7.48. The van der Waals surface area contributed by atoms with Crippen LogP contribution in [-0.2, 0) is 0 Å². The summed E-state index contributed by atoms with van der Waals surface area (Å²) in [4.78, 5) is 7.40. The lowest BCUT2D eigenvalue weighted by Crippen LogP contribution is -2.13. The van der Waals surface area contributed by atoms with Gasteiger partial charge in [0.2, 0.25) is 0 Å². The van der Waals surface area contributed by atoms with E-state index in [0.717, 1.165) is 0 Å². The number of hydrogen-bond acceptors (Lipinski definition) is 4. The monoisotopic (exact) mass is 211 g/mol. The number of aromatic nitrogens is 3. The lowest BCUT2D eigenvalue weighted by Gasteiger charge is -2.06. The minimum atomic E-state index is -0.848. The van der Waals surface area contributed by atoms with Gasteiger partial charge < -0.3 is 5.43 Å². The Morgan fingerprint density at radius 3 is 2.73 bits per heavy atom. The van der Waals surface area contributed by atoms with E-state index >= 15 is 0 Å². The molecule has 2 aromatic heterocycles. The zero-order chi connectivity index (χ0) is 10.8. The standard InChI is InChI=1S/C8H7F2N5/c9-5-3-6(10)8(13-7(5)14-11)15-2-1-12-4-15/h1-4H,11H2,(H,13,14). The molecule has 78 valence electrons. The fourth-order valence-electron chi connectivity index (χ4n) is 1.12. The Hall–Kier alpha value is -2.02. The van der Waals surface area contributed by atoms with Gasteiger partial charge >= 0.3 is 0 Å². The maximum Gasteiger partial charge on any atom is 0.178 e. The smallest absolute Gasteiger partial charge is 0.178 e. The predicted molar refractivity (Wildman–Crippen MR) is 49.1 cm³/mol. The highest BCUT2D eigenvalue weighted by atomic mass is 19.1. The van der Waals surface area contributed by atoms with Gasteiger partial charge in [-0.1, -0.05) is 0 Å². The summed E-state index contributed by atoms with van der Waals surface area (Å²) in [6.45, 7) is 0. The number of halogens is 2. The maximum absolute atomic E-state index is 13.3. The fourth-order valence-corrected chi connectivity index (χ4v) is 1.12. The number of nitrogens with one attached hydrogen (secondary N) is 1. The van der Waals surface area contributed by atoms with E-state index in [1.54, 1.807) is 0 Å². The Balaban J connectivity index is 2.57. The minimum absolute atomic E-state index is 0.0677. The molecule has 0 amide bonds. The highest BCUT2D eigenvalue weighted by molar-refractivity contribution is 5.41. The number of nitrogens with two attached hydrogens (primary N) is 1. The first-order valence-electron chi connectivity index (χ1n) is 4.03. The van der Waals surface area contributed by atoms with Gasteiger partial charge in [-0.2, -0.15) is 0 Å². The van der Waals surface area contributed by atoms with Crippen LogP contribution < -0.4 is 11.3 Å². The average Bonchev–Trinajstić information content (AvgIpc) is 2.71. The van der Waals surface area contributed by atoms with E-state index in [2.05, 4.69) is 9.97 Å². The number of rotatable bonds is 2. The van der Waals surface area contributed by atoms with Crippen LogP contribution >= 0.6 is 0 Å². The van der Waals surface area contributed by atoms with Crippen molar-refractivity contribution < 1.29 is 8.78 Å². The molecule has 0 aromatic carbocycles. The molecule has 2 rings (SSSR count). The molecule has 5 nitrogen and oxygen atoms in total. The summed E-state index contributed by atoms with van der Waals surface area (Å²) in [5.41, 5.74) is 2.04. The molecule has 3 N–H and O–H groups in total. The Labute approximate surface area is 83.5 Å². The minimum Gasteiger partial charge on any atom is -0.306 e. The summed E-state index contributed by atoms with van der Waals surface area (Å²) in [6.07, 6.45) is 4.30. The summed E-state index contributed by atoms with van der Waals surface area (Å²) in [6, 6.07) is 0.706. The zero-order valence-electron chi connectivity index (χ0n) is 7.48. The lowest BCUT2D eigenvalue weighted by molar-refractivity contribution is 0.568. The van der Waals surface area contributed by atoms with E-state index in [1.807, 2.05) is 5.43 Å². The molecule has 0 saturated carbocycles. The highest BCUT2D eigenvalue weighted by Crippen LogP contribution is 2.17. The number of hydrazine groups is 1. The molecule has 7 heteroatoms. The average molecular weight is 211 g/mol. The molecule has 2 aromatic rings. The van der Waals surface area contributed by atoms with Gasteiger partial charge in [-0.15, -0.1) is 0 Å². The molecular weight excluding hydrogens is 204 g/mol. The number of nitrogens with zero attached hydrogens (tertiary/aromatic N) is 3. The molecule has 0 bridgehead atoms. The highest BCUT2D eigenvalue weighted by Gasteiger charge is 2.11. The second-order valence-electron chi connectivity index (χ2n) is 2.74. The predicted octanol–water partition coefficient (Wildman–Crippen LogP) is 0.831. The molecule has 0 aliphatic heterocycles. The van der Waals surface area contributed by atoms with Crippen molar-refractivity contribution in [2.24, 2.45) is 5.84 Å².